The number of thioether (sulfide) groups is 2. The quantitative estimate of drug-likeness (QED) is 0.332. The number of benzene rings is 1. The van der Waals surface area contributed by atoms with Gasteiger partial charge in [0, 0.05) is 13.3 Å². The number of hydrogen-bond donors (Lipinski definition) is 2. The summed E-state index contributed by atoms with van der Waals surface area (Å²) < 4.78 is 10.7. The number of urea groups is 1. The number of rotatable bonds is 3. The molecule has 0 spiro atoms. The smallest absolute Gasteiger partial charge is 0.328 e. The van der Waals surface area contributed by atoms with Crippen LogP contribution in [0.1, 0.15) is 20.3 Å². The van der Waals surface area contributed by atoms with Gasteiger partial charge < -0.3 is 9.47 Å². The molecular weight excluding hydrogens is 396 g/mol. The molecular formula is C16H12N2O7S2. The van der Waals surface area contributed by atoms with Gasteiger partial charge in [-0.15, -0.1) is 0 Å². The highest BCUT2D eigenvalue weighted by Gasteiger charge is 2.36. The molecule has 27 heavy (non-hydrogen) atoms. The zero-order valence-corrected chi connectivity index (χ0v) is 15.7. The standard InChI is InChI=1S/C16H12N2O7S2/c1-3-9(20)25-8-5-4-7(24-6(2)19)11-12(8)27-15(26-11)10-13(21)17-16(23)18-14(10)22/h4-5H,3H2,1-2H3,(H2,17,18,21,22,23). The maximum atomic E-state index is 12.1. The third-order valence-electron chi connectivity index (χ3n) is 3.31. The Morgan fingerprint density at radius 2 is 1.48 bits per heavy atom. The highest BCUT2D eigenvalue weighted by atomic mass is 32.2. The number of ether oxygens (including phenoxy) is 2. The summed E-state index contributed by atoms with van der Waals surface area (Å²) in [7, 11) is 0. The Kier molecular flexibility index (Phi) is 5.24. The summed E-state index contributed by atoms with van der Waals surface area (Å²) in [6, 6.07) is 2.03. The maximum absolute atomic E-state index is 12.1. The molecule has 2 N–H and O–H groups in total. The molecule has 3 rings (SSSR count). The zero-order valence-electron chi connectivity index (χ0n) is 14.0. The molecule has 0 radical (unpaired) electrons. The summed E-state index contributed by atoms with van der Waals surface area (Å²) in [4.78, 5) is 59.3. The van der Waals surface area contributed by atoms with E-state index in [0.717, 1.165) is 23.5 Å². The number of carbonyl (C=O) groups is 5. The Balaban J connectivity index is 2.06. The minimum absolute atomic E-state index is 0.152. The lowest BCUT2D eigenvalue weighted by atomic mass is 10.2. The normalized spacial score (nSPS) is 15.9. The lowest BCUT2D eigenvalue weighted by molar-refractivity contribution is -0.134. The number of imide groups is 2. The van der Waals surface area contributed by atoms with Crippen molar-refractivity contribution in [2.75, 3.05) is 0 Å². The second-order valence-electron chi connectivity index (χ2n) is 5.25. The lowest BCUT2D eigenvalue weighted by Crippen LogP contribution is -2.51. The summed E-state index contributed by atoms with van der Waals surface area (Å²) in [6.07, 6.45) is 0.152. The minimum Gasteiger partial charge on any atom is -0.425 e. The van der Waals surface area contributed by atoms with Crippen molar-refractivity contribution in [1.29, 1.82) is 0 Å². The Hall–Kier alpha value is -2.79. The van der Waals surface area contributed by atoms with Gasteiger partial charge >= 0.3 is 18.0 Å². The second kappa shape index (κ2) is 7.45. The van der Waals surface area contributed by atoms with E-state index in [1.54, 1.807) is 6.92 Å². The number of hydrogen-bond acceptors (Lipinski definition) is 9. The Morgan fingerprint density at radius 3 is 1.96 bits per heavy atom. The van der Waals surface area contributed by atoms with Crippen molar-refractivity contribution in [3.05, 3.63) is 21.9 Å². The Morgan fingerprint density at radius 1 is 0.963 bits per heavy atom. The van der Waals surface area contributed by atoms with Crippen LogP contribution in [0.2, 0.25) is 0 Å². The van der Waals surface area contributed by atoms with E-state index in [2.05, 4.69) is 0 Å². The van der Waals surface area contributed by atoms with Gasteiger partial charge in [-0.3, -0.25) is 29.8 Å². The molecule has 1 aromatic carbocycles. The van der Waals surface area contributed by atoms with E-state index < -0.39 is 29.8 Å². The molecule has 2 aliphatic rings. The van der Waals surface area contributed by atoms with E-state index in [4.69, 9.17) is 9.47 Å². The van der Waals surface area contributed by atoms with Gasteiger partial charge in [0.25, 0.3) is 11.8 Å². The first-order valence-electron chi connectivity index (χ1n) is 7.62. The van der Waals surface area contributed by atoms with Crippen LogP contribution in [0, 0.1) is 0 Å². The van der Waals surface area contributed by atoms with Crippen LogP contribution in [0.5, 0.6) is 11.5 Å². The van der Waals surface area contributed by atoms with E-state index >= 15 is 0 Å². The molecule has 2 heterocycles. The molecule has 0 atom stereocenters. The van der Waals surface area contributed by atoms with Crippen LogP contribution >= 0.6 is 23.5 Å². The number of amides is 4. The van der Waals surface area contributed by atoms with Crippen LogP contribution < -0.4 is 20.1 Å². The van der Waals surface area contributed by atoms with Gasteiger partial charge in [0.2, 0.25) is 0 Å². The summed E-state index contributed by atoms with van der Waals surface area (Å²) in [5.41, 5.74) is -0.248. The molecule has 1 aromatic rings. The van der Waals surface area contributed by atoms with Crippen molar-refractivity contribution in [1.82, 2.24) is 10.6 Å². The number of esters is 2. The van der Waals surface area contributed by atoms with Crippen LogP contribution in [-0.2, 0) is 19.2 Å². The fourth-order valence-corrected chi connectivity index (χ4v) is 4.86. The third-order valence-corrected chi connectivity index (χ3v) is 5.94. The van der Waals surface area contributed by atoms with E-state index in [9.17, 15) is 24.0 Å². The van der Waals surface area contributed by atoms with Crippen molar-refractivity contribution in [2.45, 2.75) is 30.1 Å². The molecule has 0 aliphatic carbocycles. The number of barbiturate groups is 1. The highest BCUT2D eigenvalue weighted by Crippen LogP contribution is 2.59. The van der Waals surface area contributed by atoms with E-state index in [1.165, 1.54) is 19.1 Å². The molecule has 1 fully saturated rings. The Labute approximate surface area is 161 Å². The molecule has 1 saturated heterocycles. The average molecular weight is 408 g/mol. The SMILES string of the molecule is CCC(=O)Oc1ccc(OC(C)=O)c2c1SC(=C1C(=O)NC(=O)NC1=O)S2. The largest absolute Gasteiger partial charge is 0.425 e. The van der Waals surface area contributed by atoms with Crippen LogP contribution in [0.3, 0.4) is 0 Å². The summed E-state index contributed by atoms with van der Waals surface area (Å²) in [5, 5.41) is 4.00. The molecule has 0 unspecified atom stereocenters. The summed E-state index contributed by atoms with van der Waals surface area (Å²) >= 11 is 2.02. The van der Waals surface area contributed by atoms with Gasteiger partial charge in [0.15, 0.2) is 0 Å². The van der Waals surface area contributed by atoms with E-state index in [-0.39, 0.29) is 27.7 Å². The molecule has 0 bridgehead atoms. The van der Waals surface area contributed by atoms with Gasteiger partial charge in [0.1, 0.15) is 17.1 Å². The first-order chi connectivity index (χ1) is 12.8. The highest BCUT2D eigenvalue weighted by molar-refractivity contribution is 8.25. The molecule has 4 amide bonds. The average Bonchev–Trinajstić information content (AvgIpc) is 3.01. The molecule has 140 valence electrons. The third kappa shape index (κ3) is 3.83. The number of carbonyl (C=O) groups excluding carboxylic acids is 5. The zero-order chi connectivity index (χ0) is 19.7. The number of fused-ring (bicyclic) bond motifs is 1. The van der Waals surface area contributed by atoms with Gasteiger partial charge in [-0.2, -0.15) is 0 Å². The Bertz CT molecular complexity index is 917. The fourth-order valence-electron chi connectivity index (χ4n) is 2.19. The second-order valence-corrected chi connectivity index (χ2v) is 7.54. The van der Waals surface area contributed by atoms with Gasteiger partial charge in [-0.1, -0.05) is 30.4 Å². The predicted octanol–water partition coefficient (Wildman–Crippen LogP) is 1.70. The molecule has 0 saturated carbocycles. The van der Waals surface area contributed by atoms with Crippen molar-refractivity contribution in [2.24, 2.45) is 0 Å². The van der Waals surface area contributed by atoms with E-state index in [0.29, 0.717) is 9.79 Å². The van der Waals surface area contributed by atoms with Crippen LogP contribution in [-0.4, -0.2) is 29.8 Å². The van der Waals surface area contributed by atoms with Gasteiger partial charge in [-0.25, -0.2) is 4.79 Å². The van der Waals surface area contributed by atoms with Crippen molar-refractivity contribution < 1.29 is 33.4 Å². The lowest BCUT2D eigenvalue weighted by Gasteiger charge is -2.15. The monoisotopic (exact) mass is 408 g/mol. The van der Waals surface area contributed by atoms with Crippen LogP contribution in [0.4, 0.5) is 4.79 Å². The predicted molar refractivity (Wildman–Crippen MR) is 94.1 cm³/mol. The summed E-state index contributed by atoms with van der Waals surface area (Å²) in [5.74, 6) is -2.28. The van der Waals surface area contributed by atoms with Crippen LogP contribution in [0.15, 0.2) is 31.7 Å². The fraction of sp³-hybridized carbons (Fsp3) is 0.188. The number of nitrogens with one attached hydrogen (secondary N) is 2. The molecule has 0 aromatic heterocycles. The van der Waals surface area contributed by atoms with E-state index in [1.807, 2.05) is 10.6 Å². The van der Waals surface area contributed by atoms with Crippen molar-refractivity contribution in [3.63, 3.8) is 0 Å². The minimum atomic E-state index is -0.905. The summed E-state index contributed by atoms with van der Waals surface area (Å²) in [6.45, 7) is 2.87. The first kappa shape index (κ1) is 19.0. The topological polar surface area (TPSA) is 128 Å². The first-order valence-corrected chi connectivity index (χ1v) is 9.26. The van der Waals surface area contributed by atoms with Gasteiger partial charge in [-0.05, 0) is 12.1 Å². The van der Waals surface area contributed by atoms with Crippen LogP contribution in [0.25, 0.3) is 0 Å². The van der Waals surface area contributed by atoms with Gasteiger partial charge in [0.05, 0.1) is 14.0 Å². The molecule has 9 nitrogen and oxygen atoms in total. The maximum Gasteiger partial charge on any atom is 0.328 e. The van der Waals surface area contributed by atoms with Crippen molar-refractivity contribution in [3.8, 4) is 11.5 Å². The molecule has 11 heteroatoms. The molecule has 2 aliphatic heterocycles. The van der Waals surface area contributed by atoms with Crippen molar-refractivity contribution >= 4 is 53.3 Å².